The normalized spacial score (nSPS) is 15.8. The molecular formula is C17H19FIN3O2. The second kappa shape index (κ2) is 7.18. The van der Waals surface area contributed by atoms with Crippen molar-refractivity contribution in [2.24, 2.45) is 0 Å². The Kier molecular flexibility index (Phi) is 5.19. The van der Waals surface area contributed by atoms with Crippen LogP contribution >= 0.6 is 22.6 Å². The molecule has 1 fully saturated rings. The Hall–Kier alpha value is -1.48. The highest BCUT2D eigenvalue weighted by Gasteiger charge is 2.24. The fraction of sp³-hybridized carbons (Fsp3) is 0.412. The Bertz CT molecular complexity index is 735. The molecule has 5 nitrogen and oxygen atoms in total. The molecule has 1 saturated heterocycles. The van der Waals surface area contributed by atoms with Crippen LogP contribution in [0.15, 0.2) is 22.6 Å². The molecule has 2 aromatic rings. The molecule has 0 aliphatic carbocycles. The topological polar surface area (TPSA) is 49.6 Å². The van der Waals surface area contributed by atoms with Gasteiger partial charge in [0.2, 0.25) is 5.89 Å². The maximum atomic E-state index is 13.4. The zero-order valence-electron chi connectivity index (χ0n) is 13.7. The van der Waals surface area contributed by atoms with Crippen LogP contribution in [0.1, 0.15) is 27.7 Å². The average molecular weight is 443 g/mol. The third kappa shape index (κ3) is 3.77. The van der Waals surface area contributed by atoms with Crippen LogP contribution in [-0.4, -0.2) is 46.9 Å². The molecule has 0 radical (unpaired) electrons. The van der Waals surface area contributed by atoms with Crippen LogP contribution in [0.5, 0.6) is 0 Å². The number of nitrogens with zero attached hydrogens (tertiary/aromatic N) is 3. The summed E-state index contributed by atoms with van der Waals surface area (Å²) in [5, 5.41) is 0. The van der Waals surface area contributed by atoms with Crippen molar-refractivity contribution in [3.05, 3.63) is 50.5 Å². The fourth-order valence-corrected chi connectivity index (χ4v) is 3.31. The van der Waals surface area contributed by atoms with Crippen LogP contribution in [0.2, 0.25) is 0 Å². The standard InChI is InChI=1S/C17H19FIN3O2/c1-11-12(2)24-16(20-11)10-21-5-7-22(8-6-21)17(23)14-9-13(18)3-4-15(14)19/h3-4,9H,5-8,10H2,1-2H3. The summed E-state index contributed by atoms with van der Waals surface area (Å²) in [6.45, 7) is 7.21. The van der Waals surface area contributed by atoms with Crippen molar-refractivity contribution in [2.75, 3.05) is 26.2 Å². The molecular weight excluding hydrogens is 424 g/mol. The van der Waals surface area contributed by atoms with E-state index in [-0.39, 0.29) is 11.7 Å². The Labute approximate surface area is 154 Å². The lowest BCUT2D eigenvalue weighted by Gasteiger charge is -2.34. The molecule has 1 amide bonds. The Morgan fingerprint density at radius 3 is 2.62 bits per heavy atom. The second-order valence-corrected chi connectivity index (χ2v) is 7.10. The predicted molar refractivity (Wildman–Crippen MR) is 96.3 cm³/mol. The van der Waals surface area contributed by atoms with E-state index in [0.717, 1.165) is 28.1 Å². The van der Waals surface area contributed by atoms with Crippen LogP contribution in [0.25, 0.3) is 0 Å². The summed E-state index contributed by atoms with van der Waals surface area (Å²) in [6, 6.07) is 4.32. The molecule has 0 spiro atoms. The number of hydrogen-bond donors (Lipinski definition) is 0. The van der Waals surface area contributed by atoms with E-state index < -0.39 is 0 Å². The Balaban J connectivity index is 1.60. The third-order valence-corrected chi connectivity index (χ3v) is 5.19. The number of aromatic nitrogens is 1. The molecule has 3 rings (SSSR count). The monoisotopic (exact) mass is 443 g/mol. The molecule has 128 valence electrons. The predicted octanol–water partition coefficient (Wildman–Crippen LogP) is 2.99. The number of benzene rings is 1. The van der Waals surface area contributed by atoms with Gasteiger partial charge in [0.05, 0.1) is 17.8 Å². The van der Waals surface area contributed by atoms with Crippen molar-refractivity contribution in [1.29, 1.82) is 0 Å². The number of rotatable bonds is 3. The van der Waals surface area contributed by atoms with Gasteiger partial charge in [-0.05, 0) is 54.6 Å². The molecule has 1 aromatic heterocycles. The van der Waals surface area contributed by atoms with Gasteiger partial charge in [-0.1, -0.05) is 0 Å². The molecule has 1 aromatic carbocycles. The van der Waals surface area contributed by atoms with Crippen LogP contribution in [0.3, 0.4) is 0 Å². The summed E-state index contributed by atoms with van der Waals surface area (Å²) >= 11 is 2.07. The van der Waals surface area contributed by atoms with Gasteiger partial charge in [0.25, 0.3) is 5.91 Å². The van der Waals surface area contributed by atoms with Gasteiger partial charge in [-0.15, -0.1) is 0 Å². The summed E-state index contributed by atoms with van der Waals surface area (Å²) in [5.74, 6) is 1.07. The van der Waals surface area contributed by atoms with Crippen molar-refractivity contribution in [3.63, 3.8) is 0 Å². The minimum absolute atomic E-state index is 0.110. The highest BCUT2D eigenvalue weighted by Crippen LogP contribution is 2.18. The number of carbonyl (C=O) groups is 1. The minimum Gasteiger partial charge on any atom is -0.444 e. The average Bonchev–Trinajstić information content (AvgIpc) is 2.87. The minimum atomic E-state index is -0.382. The molecule has 7 heteroatoms. The lowest BCUT2D eigenvalue weighted by molar-refractivity contribution is 0.0616. The van der Waals surface area contributed by atoms with Crippen LogP contribution in [0.4, 0.5) is 4.39 Å². The number of amides is 1. The summed E-state index contributed by atoms with van der Waals surface area (Å²) in [6.07, 6.45) is 0. The summed E-state index contributed by atoms with van der Waals surface area (Å²) in [4.78, 5) is 21.0. The fourth-order valence-electron chi connectivity index (χ4n) is 2.74. The van der Waals surface area contributed by atoms with E-state index in [0.29, 0.717) is 31.1 Å². The van der Waals surface area contributed by atoms with E-state index in [4.69, 9.17) is 4.42 Å². The van der Waals surface area contributed by atoms with E-state index >= 15 is 0 Å². The molecule has 1 aliphatic heterocycles. The van der Waals surface area contributed by atoms with Gasteiger partial charge in [-0.25, -0.2) is 9.37 Å². The van der Waals surface area contributed by atoms with Gasteiger partial charge in [-0.2, -0.15) is 0 Å². The largest absolute Gasteiger partial charge is 0.444 e. The van der Waals surface area contributed by atoms with Gasteiger partial charge in [0, 0.05) is 29.7 Å². The van der Waals surface area contributed by atoms with Gasteiger partial charge < -0.3 is 9.32 Å². The highest BCUT2D eigenvalue weighted by molar-refractivity contribution is 14.1. The zero-order valence-corrected chi connectivity index (χ0v) is 15.8. The number of carbonyl (C=O) groups excluding carboxylic acids is 1. The quantitative estimate of drug-likeness (QED) is 0.685. The van der Waals surface area contributed by atoms with Crippen LogP contribution in [0, 0.1) is 23.2 Å². The number of aryl methyl sites for hydroxylation is 2. The van der Waals surface area contributed by atoms with Gasteiger partial charge in [0.1, 0.15) is 11.6 Å². The smallest absolute Gasteiger partial charge is 0.255 e. The molecule has 0 saturated carbocycles. The van der Waals surface area contributed by atoms with Crippen LogP contribution < -0.4 is 0 Å². The second-order valence-electron chi connectivity index (χ2n) is 5.94. The molecule has 1 aliphatic rings. The first kappa shape index (κ1) is 17.3. The highest BCUT2D eigenvalue weighted by atomic mass is 127. The first-order valence-electron chi connectivity index (χ1n) is 7.83. The van der Waals surface area contributed by atoms with Gasteiger partial charge in [0.15, 0.2) is 0 Å². The number of hydrogen-bond acceptors (Lipinski definition) is 4. The summed E-state index contributed by atoms with van der Waals surface area (Å²) in [5.41, 5.74) is 1.35. The maximum Gasteiger partial charge on any atom is 0.255 e. The molecule has 24 heavy (non-hydrogen) atoms. The van der Waals surface area contributed by atoms with E-state index in [1.165, 1.54) is 12.1 Å². The molecule has 0 unspecified atom stereocenters. The van der Waals surface area contributed by atoms with Crippen molar-refractivity contribution >= 4 is 28.5 Å². The van der Waals surface area contributed by atoms with Crippen molar-refractivity contribution in [3.8, 4) is 0 Å². The van der Waals surface area contributed by atoms with E-state index in [1.807, 2.05) is 13.8 Å². The summed E-state index contributed by atoms with van der Waals surface area (Å²) in [7, 11) is 0. The van der Waals surface area contributed by atoms with Gasteiger partial charge >= 0.3 is 0 Å². The first-order valence-corrected chi connectivity index (χ1v) is 8.91. The summed E-state index contributed by atoms with van der Waals surface area (Å²) < 4.78 is 19.8. The molecule has 2 heterocycles. The van der Waals surface area contributed by atoms with E-state index in [9.17, 15) is 9.18 Å². The molecule has 0 atom stereocenters. The van der Waals surface area contributed by atoms with E-state index in [1.54, 1.807) is 11.0 Å². The lowest BCUT2D eigenvalue weighted by atomic mass is 10.1. The van der Waals surface area contributed by atoms with Crippen molar-refractivity contribution < 1.29 is 13.6 Å². The van der Waals surface area contributed by atoms with Gasteiger partial charge in [-0.3, -0.25) is 9.69 Å². The van der Waals surface area contributed by atoms with Crippen molar-refractivity contribution in [1.82, 2.24) is 14.8 Å². The number of piperazine rings is 1. The lowest BCUT2D eigenvalue weighted by Crippen LogP contribution is -2.48. The third-order valence-electron chi connectivity index (χ3n) is 4.25. The molecule has 0 bridgehead atoms. The molecule has 0 N–H and O–H groups in total. The number of halogens is 2. The van der Waals surface area contributed by atoms with E-state index in [2.05, 4.69) is 32.5 Å². The first-order chi connectivity index (χ1) is 11.4. The number of oxazole rings is 1. The van der Waals surface area contributed by atoms with Crippen LogP contribution in [-0.2, 0) is 6.54 Å². The zero-order chi connectivity index (χ0) is 17.3. The maximum absolute atomic E-state index is 13.4. The van der Waals surface area contributed by atoms with Crippen molar-refractivity contribution in [2.45, 2.75) is 20.4 Å². The Morgan fingerprint density at radius 2 is 2.00 bits per heavy atom. The Morgan fingerprint density at radius 1 is 1.29 bits per heavy atom. The SMILES string of the molecule is Cc1nc(CN2CCN(C(=O)c3cc(F)ccc3I)CC2)oc1C.